The molecule has 2 aliphatic rings. The van der Waals surface area contributed by atoms with Gasteiger partial charge in [0.25, 0.3) is 0 Å². The molecule has 0 amide bonds. The van der Waals surface area contributed by atoms with Crippen molar-refractivity contribution in [1.29, 1.82) is 0 Å². The number of ether oxygens (including phenoxy) is 1. The Hall–Kier alpha value is -1.09. The molecule has 2 nitrogen and oxygen atoms in total. The first-order chi connectivity index (χ1) is 8.17. The average Bonchev–Trinajstić information content (AvgIpc) is 2.30. The molecular formula is C14H13BrO2. The molecule has 1 aromatic carbocycles. The Balaban J connectivity index is 1.92. The lowest BCUT2D eigenvalue weighted by molar-refractivity contribution is -0.123. The second kappa shape index (κ2) is 3.98. The zero-order valence-corrected chi connectivity index (χ0v) is 11.0. The van der Waals surface area contributed by atoms with Crippen molar-refractivity contribution in [1.82, 2.24) is 0 Å². The van der Waals surface area contributed by atoms with Crippen molar-refractivity contribution in [2.24, 2.45) is 0 Å². The largest absolute Gasteiger partial charge is 0.494 e. The fourth-order valence-corrected chi connectivity index (χ4v) is 3.13. The molecule has 88 valence electrons. The molecule has 0 saturated heterocycles. The summed E-state index contributed by atoms with van der Waals surface area (Å²) in [7, 11) is 0. The van der Waals surface area contributed by atoms with E-state index in [1.807, 2.05) is 0 Å². The lowest BCUT2D eigenvalue weighted by Gasteiger charge is -2.38. The Bertz CT molecular complexity index is 507. The lowest BCUT2D eigenvalue weighted by Crippen LogP contribution is -2.41. The van der Waals surface area contributed by atoms with Gasteiger partial charge < -0.3 is 4.74 Å². The van der Waals surface area contributed by atoms with Gasteiger partial charge in [-0.25, -0.2) is 0 Å². The third kappa shape index (κ3) is 2.04. The van der Waals surface area contributed by atoms with Gasteiger partial charge in [-0.3, -0.25) is 4.79 Å². The zero-order chi connectivity index (χ0) is 11.9. The molecule has 1 atom stereocenters. The number of hydrogen-bond donors (Lipinski definition) is 0. The van der Waals surface area contributed by atoms with Gasteiger partial charge in [0.05, 0.1) is 12.7 Å². The van der Waals surface area contributed by atoms with Gasteiger partial charge >= 0.3 is 0 Å². The van der Waals surface area contributed by atoms with E-state index in [1.165, 1.54) is 17.2 Å². The summed E-state index contributed by atoms with van der Waals surface area (Å²) in [6.45, 7) is 0. The fourth-order valence-electron chi connectivity index (χ4n) is 2.72. The number of allylic oxidation sites excluding steroid dienone is 1. The van der Waals surface area contributed by atoms with Crippen LogP contribution in [0.3, 0.4) is 0 Å². The molecule has 1 aliphatic carbocycles. The number of rotatable bonds is 0. The highest BCUT2D eigenvalue weighted by Gasteiger charge is 2.38. The van der Waals surface area contributed by atoms with E-state index in [0.717, 1.165) is 23.7 Å². The van der Waals surface area contributed by atoms with Gasteiger partial charge in [0, 0.05) is 17.0 Å². The van der Waals surface area contributed by atoms with Crippen LogP contribution < -0.4 is 0 Å². The van der Waals surface area contributed by atoms with Gasteiger partial charge in [0.15, 0.2) is 5.78 Å². The number of benzene rings is 1. The smallest absolute Gasteiger partial charge is 0.162 e. The Labute approximate surface area is 109 Å². The molecule has 1 heterocycles. The van der Waals surface area contributed by atoms with Crippen molar-refractivity contribution < 1.29 is 9.53 Å². The summed E-state index contributed by atoms with van der Waals surface area (Å²) in [4.78, 5) is 11.5. The van der Waals surface area contributed by atoms with Crippen molar-refractivity contribution in [3.63, 3.8) is 0 Å². The first-order valence-electron chi connectivity index (χ1n) is 5.81. The number of carbonyl (C=O) groups excluding carboxylic acids is 1. The van der Waals surface area contributed by atoms with Crippen LogP contribution in [-0.2, 0) is 22.4 Å². The molecule has 3 rings (SSSR count). The molecule has 17 heavy (non-hydrogen) atoms. The van der Waals surface area contributed by atoms with Crippen LogP contribution in [0.2, 0.25) is 0 Å². The van der Waals surface area contributed by atoms with Crippen molar-refractivity contribution in [3.05, 3.63) is 46.1 Å². The van der Waals surface area contributed by atoms with Gasteiger partial charge in [-0.2, -0.15) is 0 Å². The lowest BCUT2D eigenvalue weighted by atomic mass is 9.77. The number of fused-ring (bicyclic) bond motifs is 1. The SMILES string of the molecule is O=C1C=COC2(CCc3cc(Br)ccc3C2)C1. The average molecular weight is 293 g/mol. The standard InChI is InChI=1S/C14H13BrO2/c15-12-2-1-11-8-14(5-3-10(11)7-12)9-13(16)4-6-17-14/h1-2,4,6-7H,3,5,8-9H2. The number of carbonyl (C=O) groups is 1. The monoisotopic (exact) mass is 292 g/mol. The summed E-state index contributed by atoms with van der Waals surface area (Å²) in [5.74, 6) is 0.178. The van der Waals surface area contributed by atoms with Crippen LogP contribution >= 0.6 is 15.9 Å². The maximum Gasteiger partial charge on any atom is 0.162 e. The van der Waals surface area contributed by atoms with Gasteiger partial charge in [-0.05, 0) is 36.1 Å². The molecule has 1 aliphatic heterocycles. The van der Waals surface area contributed by atoms with Gasteiger partial charge in [-0.15, -0.1) is 0 Å². The highest BCUT2D eigenvalue weighted by atomic mass is 79.9. The molecule has 0 fully saturated rings. The predicted molar refractivity (Wildman–Crippen MR) is 68.7 cm³/mol. The summed E-state index contributed by atoms with van der Waals surface area (Å²) in [5.41, 5.74) is 2.39. The summed E-state index contributed by atoms with van der Waals surface area (Å²) in [6.07, 6.45) is 6.35. The van der Waals surface area contributed by atoms with Crippen molar-refractivity contribution in [2.45, 2.75) is 31.3 Å². The van der Waals surface area contributed by atoms with E-state index >= 15 is 0 Å². The van der Waals surface area contributed by atoms with E-state index in [4.69, 9.17) is 4.74 Å². The van der Waals surface area contributed by atoms with E-state index in [2.05, 4.69) is 34.1 Å². The van der Waals surface area contributed by atoms with Gasteiger partial charge in [0.2, 0.25) is 0 Å². The van der Waals surface area contributed by atoms with Crippen molar-refractivity contribution in [2.75, 3.05) is 0 Å². The van der Waals surface area contributed by atoms with Crippen LogP contribution in [0.1, 0.15) is 24.0 Å². The minimum atomic E-state index is -0.285. The number of ketones is 1. The Kier molecular flexibility index (Phi) is 2.58. The van der Waals surface area contributed by atoms with E-state index < -0.39 is 0 Å². The molecule has 1 unspecified atom stereocenters. The Morgan fingerprint density at radius 2 is 2.12 bits per heavy atom. The topological polar surface area (TPSA) is 26.3 Å². The summed E-state index contributed by atoms with van der Waals surface area (Å²) in [5, 5.41) is 0. The van der Waals surface area contributed by atoms with Crippen LogP contribution in [0, 0.1) is 0 Å². The highest BCUT2D eigenvalue weighted by molar-refractivity contribution is 9.10. The molecule has 3 heteroatoms. The molecule has 0 aromatic heterocycles. The highest BCUT2D eigenvalue weighted by Crippen LogP contribution is 2.37. The Morgan fingerprint density at radius 1 is 1.24 bits per heavy atom. The molecule has 1 spiro atoms. The van der Waals surface area contributed by atoms with E-state index in [0.29, 0.717) is 6.42 Å². The third-order valence-corrected chi connectivity index (χ3v) is 4.09. The Morgan fingerprint density at radius 3 is 2.94 bits per heavy atom. The molecule has 0 N–H and O–H groups in total. The first kappa shape index (κ1) is 11.0. The zero-order valence-electron chi connectivity index (χ0n) is 9.41. The van der Waals surface area contributed by atoms with Crippen LogP contribution in [0.5, 0.6) is 0 Å². The fraction of sp³-hybridized carbons (Fsp3) is 0.357. The number of aryl methyl sites for hydroxylation is 1. The van der Waals surface area contributed by atoms with Crippen LogP contribution in [0.4, 0.5) is 0 Å². The third-order valence-electron chi connectivity index (χ3n) is 3.60. The van der Waals surface area contributed by atoms with Gasteiger partial charge in [0.1, 0.15) is 5.60 Å². The molecule has 0 bridgehead atoms. The molecule has 0 saturated carbocycles. The summed E-state index contributed by atoms with van der Waals surface area (Å²) < 4.78 is 6.87. The minimum absolute atomic E-state index is 0.178. The van der Waals surface area contributed by atoms with Crippen molar-refractivity contribution >= 4 is 21.7 Å². The molecule has 0 radical (unpaired) electrons. The number of halogens is 1. The second-order valence-corrected chi connectivity index (χ2v) is 5.75. The normalized spacial score (nSPS) is 26.8. The van der Waals surface area contributed by atoms with Crippen molar-refractivity contribution in [3.8, 4) is 0 Å². The van der Waals surface area contributed by atoms with Crippen LogP contribution in [0.25, 0.3) is 0 Å². The number of hydrogen-bond acceptors (Lipinski definition) is 2. The van der Waals surface area contributed by atoms with E-state index in [1.54, 1.807) is 6.26 Å². The maximum atomic E-state index is 11.5. The molecule has 1 aromatic rings. The van der Waals surface area contributed by atoms with Crippen LogP contribution in [-0.4, -0.2) is 11.4 Å². The van der Waals surface area contributed by atoms with Gasteiger partial charge in [-0.1, -0.05) is 22.0 Å². The van der Waals surface area contributed by atoms with E-state index in [9.17, 15) is 4.79 Å². The first-order valence-corrected chi connectivity index (χ1v) is 6.61. The van der Waals surface area contributed by atoms with Crippen LogP contribution in [0.15, 0.2) is 35.0 Å². The minimum Gasteiger partial charge on any atom is -0.494 e. The summed E-state index contributed by atoms with van der Waals surface area (Å²) >= 11 is 3.49. The van der Waals surface area contributed by atoms with E-state index in [-0.39, 0.29) is 11.4 Å². The quantitative estimate of drug-likeness (QED) is 0.734. The summed E-state index contributed by atoms with van der Waals surface area (Å²) in [6, 6.07) is 6.35. The predicted octanol–water partition coefficient (Wildman–Crippen LogP) is 3.18. The molecular weight excluding hydrogens is 280 g/mol. The second-order valence-electron chi connectivity index (χ2n) is 4.84. The maximum absolute atomic E-state index is 11.5.